The van der Waals surface area contributed by atoms with E-state index in [0.29, 0.717) is 24.3 Å². The van der Waals surface area contributed by atoms with Crippen molar-refractivity contribution in [1.29, 1.82) is 0 Å². The lowest BCUT2D eigenvalue weighted by Crippen LogP contribution is -2.29. The van der Waals surface area contributed by atoms with Crippen molar-refractivity contribution in [2.24, 2.45) is 5.92 Å². The molecule has 0 bridgehead atoms. The summed E-state index contributed by atoms with van der Waals surface area (Å²) in [5.74, 6) is -0.504. The summed E-state index contributed by atoms with van der Waals surface area (Å²) in [6, 6.07) is 6.84. The standard InChI is InChI=1S/C20H29N3O3/c1-3-5-11-21-19(25)15-7-9-17(10-8-15)22-20(26)16-13-18(24)23(14-16)12-6-4-2/h7-10,16H,3-6,11-14H2,1-2H3,(H,21,25)(H,22,26). The third-order valence-electron chi connectivity index (χ3n) is 4.60. The average molecular weight is 359 g/mol. The molecule has 1 aromatic rings. The fraction of sp³-hybridized carbons (Fsp3) is 0.550. The van der Waals surface area contributed by atoms with Crippen LogP contribution >= 0.6 is 0 Å². The molecule has 1 aromatic carbocycles. The molecule has 1 atom stereocenters. The van der Waals surface area contributed by atoms with E-state index in [4.69, 9.17) is 0 Å². The van der Waals surface area contributed by atoms with Crippen LogP contribution in [-0.4, -0.2) is 42.3 Å². The Bertz CT molecular complexity index is 628. The smallest absolute Gasteiger partial charge is 0.251 e. The Morgan fingerprint density at radius 1 is 1.12 bits per heavy atom. The van der Waals surface area contributed by atoms with Crippen LogP contribution in [0.25, 0.3) is 0 Å². The highest BCUT2D eigenvalue weighted by atomic mass is 16.2. The van der Waals surface area contributed by atoms with Crippen LogP contribution in [0.3, 0.4) is 0 Å². The lowest BCUT2D eigenvalue weighted by atomic mass is 10.1. The van der Waals surface area contributed by atoms with Gasteiger partial charge in [0.15, 0.2) is 0 Å². The predicted molar refractivity (Wildman–Crippen MR) is 102 cm³/mol. The first-order valence-corrected chi connectivity index (χ1v) is 9.52. The maximum absolute atomic E-state index is 12.4. The van der Waals surface area contributed by atoms with Crippen molar-refractivity contribution in [2.45, 2.75) is 46.0 Å². The van der Waals surface area contributed by atoms with Crippen molar-refractivity contribution in [3.05, 3.63) is 29.8 Å². The summed E-state index contributed by atoms with van der Waals surface area (Å²) in [6.07, 6.45) is 4.24. The quantitative estimate of drug-likeness (QED) is 0.666. The van der Waals surface area contributed by atoms with E-state index in [1.165, 1.54) is 0 Å². The zero-order chi connectivity index (χ0) is 18.9. The summed E-state index contributed by atoms with van der Waals surface area (Å²) >= 11 is 0. The monoisotopic (exact) mass is 359 g/mol. The molecule has 142 valence electrons. The van der Waals surface area contributed by atoms with E-state index in [0.717, 1.165) is 32.2 Å². The topological polar surface area (TPSA) is 78.5 Å². The molecule has 0 aromatic heterocycles. The number of nitrogens with one attached hydrogen (secondary N) is 2. The molecule has 0 aliphatic carbocycles. The minimum atomic E-state index is -0.309. The van der Waals surface area contributed by atoms with Gasteiger partial charge in [0.25, 0.3) is 5.91 Å². The second-order valence-electron chi connectivity index (χ2n) is 6.77. The molecule has 1 fully saturated rings. The Morgan fingerprint density at radius 3 is 2.46 bits per heavy atom. The zero-order valence-corrected chi connectivity index (χ0v) is 15.7. The maximum atomic E-state index is 12.4. The largest absolute Gasteiger partial charge is 0.352 e. The van der Waals surface area contributed by atoms with Gasteiger partial charge in [0, 0.05) is 37.3 Å². The Morgan fingerprint density at radius 2 is 1.81 bits per heavy atom. The average Bonchev–Trinajstić information content (AvgIpc) is 3.01. The Balaban J connectivity index is 1.85. The highest BCUT2D eigenvalue weighted by molar-refractivity contribution is 5.98. The van der Waals surface area contributed by atoms with Crippen molar-refractivity contribution in [1.82, 2.24) is 10.2 Å². The van der Waals surface area contributed by atoms with Gasteiger partial charge in [-0.05, 0) is 37.1 Å². The normalized spacial score (nSPS) is 16.6. The molecule has 1 saturated heterocycles. The van der Waals surface area contributed by atoms with Crippen molar-refractivity contribution in [3.63, 3.8) is 0 Å². The van der Waals surface area contributed by atoms with E-state index in [1.807, 2.05) is 0 Å². The van der Waals surface area contributed by atoms with Crippen LogP contribution in [0.1, 0.15) is 56.3 Å². The zero-order valence-electron chi connectivity index (χ0n) is 15.7. The fourth-order valence-electron chi connectivity index (χ4n) is 2.94. The van der Waals surface area contributed by atoms with Crippen LogP contribution in [0.15, 0.2) is 24.3 Å². The summed E-state index contributed by atoms with van der Waals surface area (Å²) < 4.78 is 0. The lowest BCUT2D eigenvalue weighted by molar-refractivity contribution is -0.128. The molecule has 1 aliphatic rings. The number of amides is 3. The Kier molecular flexibility index (Phi) is 7.63. The number of hydrogen-bond acceptors (Lipinski definition) is 3. The van der Waals surface area contributed by atoms with Crippen molar-refractivity contribution >= 4 is 23.4 Å². The van der Waals surface area contributed by atoms with Gasteiger partial charge in [-0.2, -0.15) is 0 Å². The van der Waals surface area contributed by atoms with Crippen LogP contribution < -0.4 is 10.6 Å². The lowest BCUT2D eigenvalue weighted by Gasteiger charge is -2.16. The van der Waals surface area contributed by atoms with Gasteiger partial charge < -0.3 is 15.5 Å². The van der Waals surface area contributed by atoms with Crippen LogP contribution in [-0.2, 0) is 9.59 Å². The highest BCUT2D eigenvalue weighted by Gasteiger charge is 2.33. The molecule has 6 nitrogen and oxygen atoms in total. The first-order chi connectivity index (χ1) is 12.5. The highest BCUT2D eigenvalue weighted by Crippen LogP contribution is 2.20. The molecular formula is C20H29N3O3. The van der Waals surface area contributed by atoms with Crippen molar-refractivity contribution in [3.8, 4) is 0 Å². The van der Waals surface area contributed by atoms with E-state index in [9.17, 15) is 14.4 Å². The number of carbonyl (C=O) groups is 3. The molecule has 0 saturated carbocycles. The van der Waals surface area contributed by atoms with Gasteiger partial charge in [-0.25, -0.2) is 0 Å². The van der Waals surface area contributed by atoms with E-state index in [2.05, 4.69) is 24.5 Å². The molecule has 0 radical (unpaired) electrons. The molecule has 1 heterocycles. The van der Waals surface area contributed by atoms with E-state index in [-0.39, 0.29) is 30.1 Å². The molecule has 2 rings (SSSR count). The molecule has 0 spiro atoms. The second kappa shape index (κ2) is 9.94. The second-order valence-corrected chi connectivity index (χ2v) is 6.77. The van der Waals surface area contributed by atoms with Gasteiger partial charge in [0.05, 0.1) is 5.92 Å². The van der Waals surface area contributed by atoms with Gasteiger partial charge in [-0.15, -0.1) is 0 Å². The molecule has 3 amide bonds. The van der Waals surface area contributed by atoms with Crippen LogP contribution in [0.5, 0.6) is 0 Å². The number of anilines is 1. The first kappa shape index (κ1) is 19.9. The van der Waals surface area contributed by atoms with Crippen LogP contribution in [0.4, 0.5) is 5.69 Å². The molecule has 2 N–H and O–H groups in total. The number of carbonyl (C=O) groups excluding carboxylic acids is 3. The Hall–Kier alpha value is -2.37. The predicted octanol–water partition coefficient (Wildman–Crippen LogP) is 2.80. The summed E-state index contributed by atoms with van der Waals surface area (Å²) in [5.41, 5.74) is 1.21. The number of hydrogen-bond donors (Lipinski definition) is 2. The summed E-state index contributed by atoms with van der Waals surface area (Å²) in [7, 11) is 0. The summed E-state index contributed by atoms with van der Waals surface area (Å²) in [4.78, 5) is 38.1. The maximum Gasteiger partial charge on any atom is 0.251 e. The van der Waals surface area contributed by atoms with E-state index < -0.39 is 0 Å². The number of nitrogens with zero attached hydrogens (tertiary/aromatic N) is 1. The van der Waals surface area contributed by atoms with Crippen molar-refractivity contribution < 1.29 is 14.4 Å². The molecule has 1 unspecified atom stereocenters. The summed E-state index contributed by atoms with van der Waals surface area (Å²) in [5, 5.41) is 5.71. The van der Waals surface area contributed by atoms with Gasteiger partial charge in [-0.3, -0.25) is 14.4 Å². The third-order valence-corrected chi connectivity index (χ3v) is 4.60. The van der Waals surface area contributed by atoms with Crippen LogP contribution in [0.2, 0.25) is 0 Å². The molecule has 1 aliphatic heterocycles. The minimum absolute atomic E-state index is 0.0534. The van der Waals surface area contributed by atoms with Gasteiger partial charge >= 0.3 is 0 Å². The first-order valence-electron chi connectivity index (χ1n) is 9.52. The van der Waals surface area contributed by atoms with Crippen molar-refractivity contribution in [2.75, 3.05) is 25.0 Å². The molecular weight excluding hydrogens is 330 g/mol. The molecule has 26 heavy (non-hydrogen) atoms. The number of rotatable bonds is 9. The Labute approximate surface area is 155 Å². The number of unbranched alkanes of at least 4 members (excludes halogenated alkanes) is 2. The van der Waals surface area contributed by atoms with Gasteiger partial charge in [0.2, 0.25) is 11.8 Å². The fourth-order valence-corrected chi connectivity index (χ4v) is 2.94. The van der Waals surface area contributed by atoms with E-state index in [1.54, 1.807) is 29.2 Å². The van der Waals surface area contributed by atoms with Crippen LogP contribution in [0, 0.1) is 5.92 Å². The SMILES string of the molecule is CCCCNC(=O)c1ccc(NC(=O)C2CC(=O)N(CCCC)C2)cc1. The molecule has 6 heteroatoms. The van der Waals surface area contributed by atoms with Gasteiger partial charge in [0.1, 0.15) is 0 Å². The summed E-state index contributed by atoms with van der Waals surface area (Å²) in [6.45, 7) is 6.03. The van der Waals surface area contributed by atoms with E-state index >= 15 is 0 Å². The minimum Gasteiger partial charge on any atom is -0.352 e. The third kappa shape index (κ3) is 5.58. The van der Waals surface area contributed by atoms with Gasteiger partial charge in [-0.1, -0.05) is 26.7 Å². The number of likely N-dealkylation sites (tertiary alicyclic amines) is 1. The number of benzene rings is 1.